The molecule has 0 heterocycles. The average Bonchev–Trinajstić information content (AvgIpc) is 3.26. The minimum absolute atomic E-state index is 0.0762. The van der Waals surface area contributed by atoms with E-state index in [0.29, 0.717) is 19.3 Å². The van der Waals surface area contributed by atoms with Gasteiger partial charge in [-0.05, 0) is 70.6 Å². The quantitative estimate of drug-likeness (QED) is 0.0262. The van der Waals surface area contributed by atoms with Gasteiger partial charge in [0.15, 0.2) is 6.10 Å². The first-order chi connectivity index (χ1) is 30.0. The highest BCUT2D eigenvalue weighted by Gasteiger charge is 2.19. The van der Waals surface area contributed by atoms with E-state index in [1.54, 1.807) is 0 Å². The summed E-state index contributed by atoms with van der Waals surface area (Å²) in [5.41, 5.74) is 0. The maximum absolute atomic E-state index is 12.8. The zero-order valence-corrected chi connectivity index (χ0v) is 40.7. The molecule has 356 valence electrons. The fraction of sp³-hybridized carbons (Fsp3) is 0.836. The number of ether oxygens (including phenoxy) is 3. The molecule has 0 saturated heterocycles. The number of allylic oxidation sites excluding steroid dienone is 6. The highest BCUT2D eigenvalue weighted by atomic mass is 16.6. The van der Waals surface area contributed by atoms with Gasteiger partial charge >= 0.3 is 17.9 Å². The lowest BCUT2D eigenvalue weighted by Gasteiger charge is -2.18. The van der Waals surface area contributed by atoms with Crippen LogP contribution < -0.4 is 0 Å². The molecular formula is C55H100O6. The summed E-state index contributed by atoms with van der Waals surface area (Å²) in [6.07, 6.45) is 58.4. The predicted molar refractivity (Wildman–Crippen MR) is 261 cm³/mol. The lowest BCUT2D eigenvalue weighted by molar-refractivity contribution is -0.167. The number of carbonyl (C=O) groups excluding carboxylic acids is 3. The Morgan fingerprint density at radius 1 is 0.328 bits per heavy atom. The molecule has 0 aliphatic rings. The van der Waals surface area contributed by atoms with Gasteiger partial charge in [-0.25, -0.2) is 0 Å². The Bertz CT molecular complexity index is 1030. The summed E-state index contributed by atoms with van der Waals surface area (Å²) in [4.78, 5) is 37.9. The molecule has 0 saturated carbocycles. The molecule has 6 heteroatoms. The number of carbonyl (C=O) groups is 3. The van der Waals surface area contributed by atoms with E-state index in [-0.39, 0.29) is 31.1 Å². The van der Waals surface area contributed by atoms with Crippen LogP contribution in [0.2, 0.25) is 0 Å². The highest BCUT2D eigenvalue weighted by molar-refractivity contribution is 5.71. The van der Waals surface area contributed by atoms with E-state index in [0.717, 1.165) is 83.5 Å². The molecule has 0 amide bonds. The third-order valence-electron chi connectivity index (χ3n) is 11.6. The first-order valence-electron chi connectivity index (χ1n) is 26.5. The summed E-state index contributed by atoms with van der Waals surface area (Å²) in [7, 11) is 0. The zero-order chi connectivity index (χ0) is 44.4. The van der Waals surface area contributed by atoms with Crippen LogP contribution in [-0.2, 0) is 28.6 Å². The maximum atomic E-state index is 12.8. The fourth-order valence-corrected chi connectivity index (χ4v) is 7.59. The van der Waals surface area contributed by atoms with Gasteiger partial charge in [0.05, 0.1) is 0 Å². The van der Waals surface area contributed by atoms with E-state index in [1.807, 2.05) is 0 Å². The molecule has 0 radical (unpaired) electrons. The maximum Gasteiger partial charge on any atom is 0.306 e. The second kappa shape index (κ2) is 50.3. The van der Waals surface area contributed by atoms with Crippen LogP contribution in [0.5, 0.6) is 0 Å². The smallest absolute Gasteiger partial charge is 0.306 e. The average molecular weight is 857 g/mol. The van der Waals surface area contributed by atoms with Gasteiger partial charge in [0.1, 0.15) is 13.2 Å². The Morgan fingerprint density at radius 2 is 0.623 bits per heavy atom. The summed E-state index contributed by atoms with van der Waals surface area (Å²) in [5, 5.41) is 0. The summed E-state index contributed by atoms with van der Waals surface area (Å²) in [5.74, 6) is -0.882. The number of rotatable bonds is 48. The minimum Gasteiger partial charge on any atom is -0.462 e. The van der Waals surface area contributed by atoms with Gasteiger partial charge in [0, 0.05) is 19.3 Å². The van der Waals surface area contributed by atoms with E-state index in [1.165, 1.54) is 154 Å². The minimum atomic E-state index is -0.774. The third kappa shape index (κ3) is 48.5. The van der Waals surface area contributed by atoms with Crippen LogP contribution >= 0.6 is 0 Å². The van der Waals surface area contributed by atoms with E-state index < -0.39 is 6.10 Å². The van der Waals surface area contributed by atoms with Crippen molar-refractivity contribution in [2.75, 3.05) is 13.2 Å². The topological polar surface area (TPSA) is 78.9 Å². The van der Waals surface area contributed by atoms with Crippen molar-refractivity contribution in [2.24, 2.45) is 0 Å². The van der Waals surface area contributed by atoms with Crippen molar-refractivity contribution in [3.05, 3.63) is 36.5 Å². The number of hydrogen-bond donors (Lipinski definition) is 0. The Kier molecular flexibility index (Phi) is 48.3. The fourth-order valence-electron chi connectivity index (χ4n) is 7.59. The Balaban J connectivity index is 4.32. The lowest BCUT2D eigenvalue weighted by atomic mass is 10.0. The van der Waals surface area contributed by atoms with Crippen molar-refractivity contribution in [1.29, 1.82) is 0 Å². The Hall–Kier alpha value is -2.37. The van der Waals surface area contributed by atoms with Crippen LogP contribution in [0.3, 0.4) is 0 Å². The lowest BCUT2D eigenvalue weighted by Crippen LogP contribution is -2.30. The van der Waals surface area contributed by atoms with Crippen molar-refractivity contribution in [2.45, 2.75) is 284 Å². The largest absolute Gasteiger partial charge is 0.462 e. The normalized spacial score (nSPS) is 12.2. The molecular weight excluding hydrogens is 757 g/mol. The summed E-state index contributed by atoms with van der Waals surface area (Å²) in [6.45, 7) is 6.56. The van der Waals surface area contributed by atoms with Crippen LogP contribution in [0.25, 0.3) is 0 Å². The summed E-state index contributed by atoms with van der Waals surface area (Å²) in [6, 6.07) is 0. The van der Waals surface area contributed by atoms with Crippen LogP contribution in [0, 0.1) is 0 Å². The molecule has 0 rings (SSSR count). The third-order valence-corrected chi connectivity index (χ3v) is 11.6. The predicted octanol–water partition coefficient (Wildman–Crippen LogP) is 17.3. The molecule has 1 atom stereocenters. The van der Waals surface area contributed by atoms with E-state index >= 15 is 0 Å². The van der Waals surface area contributed by atoms with Crippen LogP contribution in [-0.4, -0.2) is 37.2 Å². The Labute approximate surface area is 378 Å². The first kappa shape index (κ1) is 58.6. The molecule has 0 N–H and O–H groups in total. The molecule has 6 nitrogen and oxygen atoms in total. The van der Waals surface area contributed by atoms with Gasteiger partial charge in [-0.15, -0.1) is 0 Å². The van der Waals surface area contributed by atoms with Gasteiger partial charge in [0.2, 0.25) is 0 Å². The molecule has 0 aliphatic heterocycles. The van der Waals surface area contributed by atoms with Crippen LogP contribution in [0.15, 0.2) is 36.5 Å². The van der Waals surface area contributed by atoms with Crippen molar-refractivity contribution in [3.8, 4) is 0 Å². The SMILES string of the molecule is CCC/C=C\CCCCCCCC(=O)OCC(COC(=O)CCCCCCCCC/C=C\C/C=C\CCCCC)OC(=O)CCCCCCCCCCCCCCCCCC. The van der Waals surface area contributed by atoms with Gasteiger partial charge < -0.3 is 14.2 Å². The number of esters is 3. The number of hydrogen-bond acceptors (Lipinski definition) is 6. The van der Waals surface area contributed by atoms with Gasteiger partial charge in [-0.1, -0.05) is 224 Å². The molecule has 0 bridgehead atoms. The van der Waals surface area contributed by atoms with Crippen molar-refractivity contribution in [3.63, 3.8) is 0 Å². The first-order valence-corrected chi connectivity index (χ1v) is 26.5. The molecule has 0 aromatic heterocycles. The van der Waals surface area contributed by atoms with E-state index in [9.17, 15) is 14.4 Å². The molecule has 0 fully saturated rings. The Morgan fingerprint density at radius 3 is 1.02 bits per heavy atom. The summed E-state index contributed by atoms with van der Waals surface area (Å²) < 4.78 is 16.8. The van der Waals surface area contributed by atoms with Crippen molar-refractivity contribution < 1.29 is 28.6 Å². The van der Waals surface area contributed by atoms with Gasteiger partial charge in [0.25, 0.3) is 0 Å². The molecule has 0 aliphatic carbocycles. The molecule has 0 spiro atoms. The second-order valence-corrected chi connectivity index (χ2v) is 17.8. The van der Waals surface area contributed by atoms with Crippen molar-refractivity contribution in [1.82, 2.24) is 0 Å². The number of unbranched alkanes of at least 4 members (excludes halogenated alkanes) is 31. The van der Waals surface area contributed by atoms with E-state index in [2.05, 4.69) is 57.2 Å². The molecule has 61 heavy (non-hydrogen) atoms. The zero-order valence-electron chi connectivity index (χ0n) is 40.7. The second-order valence-electron chi connectivity index (χ2n) is 17.8. The van der Waals surface area contributed by atoms with Gasteiger partial charge in [-0.3, -0.25) is 14.4 Å². The van der Waals surface area contributed by atoms with E-state index in [4.69, 9.17) is 14.2 Å². The molecule has 0 aromatic carbocycles. The molecule has 1 unspecified atom stereocenters. The standard InChI is InChI=1S/C55H100O6/c1-4-7-10-13-16-19-22-24-26-28-30-31-33-36-39-42-45-48-54(57)60-51-52(50-59-53(56)47-44-41-38-35-21-18-15-12-9-6-3)61-55(58)49-46-43-40-37-34-32-29-27-25-23-20-17-14-11-8-5-2/h12,15-16,19,24,26,52H,4-11,13-14,17-18,20-23,25,27-51H2,1-3H3/b15-12-,19-16-,26-24-. The molecule has 0 aromatic rings. The summed E-state index contributed by atoms with van der Waals surface area (Å²) >= 11 is 0. The van der Waals surface area contributed by atoms with Gasteiger partial charge in [-0.2, -0.15) is 0 Å². The monoisotopic (exact) mass is 857 g/mol. The van der Waals surface area contributed by atoms with Crippen LogP contribution in [0.4, 0.5) is 0 Å². The van der Waals surface area contributed by atoms with Crippen molar-refractivity contribution >= 4 is 17.9 Å². The highest BCUT2D eigenvalue weighted by Crippen LogP contribution is 2.16. The van der Waals surface area contributed by atoms with Crippen LogP contribution in [0.1, 0.15) is 278 Å².